The number of piperazine rings is 1. The van der Waals surface area contributed by atoms with Crippen LogP contribution in [0, 0.1) is 0 Å². The predicted octanol–water partition coefficient (Wildman–Crippen LogP) is 2.24. The summed E-state index contributed by atoms with van der Waals surface area (Å²) < 4.78 is 6.22. The monoisotopic (exact) mass is 403 g/mol. The molecule has 1 aromatic rings. The van der Waals surface area contributed by atoms with Gasteiger partial charge in [0.25, 0.3) is 5.91 Å². The van der Waals surface area contributed by atoms with Crippen LogP contribution < -0.4 is 10.1 Å². The first-order valence-electron chi connectivity index (χ1n) is 7.80. The Balaban J connectivity index is 1.58. The summed E-state index contributed by atoms with van der Waals surface area (Å²) in [5.41, 5.74) is 0. The van der Waals surface area contributed by atoms with E-state index in [4.69, 9.17) is 16.3 Å². The van der Waals surface area contributed by atoms with Crippen LogP contribution in [0.5, 0.6) is 5.75 Å². The molecule has 1 aromatic carbocycles. The number of benzene rings is 1. The number of halogens is 2. The maximum atomic E-state index is 11.8. The molecule has 0 spiro atoms. The Bertz CT molecular complexity index is 522. The molecule has 1 fully saturated rings. The molecule has 1 heterocycles. The topological polar surface area (TPSA) is 44.8 Å². The Labute approximate surface area is 151 Å². The molecule has 128 valence electrons. The number of hydrogen-bond acceptors (Lipinski definition) is 4. The van der Waals surface area contributed by atoms with Crippen LogP contribution in [0.1, 0.15) is 6.42 Å². The standard InChI is InChI=1S/C16H23BrClN3O2/c1-20-7-9-21(10-8-20)6-2-5-19-16(22)12-23-15-4-3-13(18)11-14(15)17/h3-4,11H,2,5-10,12H2,1H3,(H,19,22). The predicted molar refractivity (Wildman–Crippen MR) is 96.2 cm³/mol. The number of likely N-dealkylation sites (N-methyl/N-ethyl adjacent to an activating group) is 1. The van der Waals surface area contributed by atoms with Crippen molar-refractivity contribution in [2.75, 3.05) is 52.9 Å². The summed E-state index contributed by atoms with van der Waals surface area (Å²) in [6.45, 7) is 6.17. The fourth-order valence-corrected chi connectivity index (χ4v) is 3.19. The fraction of sp³-hybridized carbons (Fsp3) is 0.562. The molecule has 2 rings (SSSR count). The van der Waals surface area contributed by atoms with Crippen LogP contribution in [0.25, 0.3) is 0 Å². The average Bonchev–Trinajstić information content (AvgIpc) is 2.52. The maximum Gasteiger partial charge on any atom is 0.257 e. The van der Waals surface area contributed by atoms with Gasteiger partial charge in [-0.25, -0.2) is 0 Å². The molecule has 1 amide bonds. The van der Waals surface area contributed by atoms with Gasteiger partial charge in [0.1, 0.15) is 5.75 Å². The normalized spacial score (nSPS) is 16.3. The lowest BCUT2D eigenvalue weighted by Crippen LogP contribution is -2.45. The summed E-state index contributed by atoms with van der Waals surface area (Å²) in [5, 5.41) is 3.51. The van der Waals surface area contributed by atoms with Gasteiger partial charge < -0.3 is 19.9 Å². The van der Waals surface area contributed by atoms with Crippen LogP contribution >= 0.6 is 27.5 Å². The molecule has 23 heavy (non-hydrogen) atoms. The highest BCUT2D eigenvalue weighted by molar-refractivity contribution is 9.10. The van der Waals surface area contributed by atoms with E-state index >= 15 is 0 Å². The van der Waals surface area contributed by atoms with Crippen molar-refractivity contribution < 1.29 is 9.53 Å². The van der Waals surface area contributed by atoms with Gasteiger partial charge in [0.15, 0.2) is 6.61 Å². The van der Waals surface area contributed by atoms with Gasteiger partial charge in [0.2, 0.25) is 0 Å². The van der Waals surface area contributed by atoms with Crippen molar-refractivity contribution in [3.63, 3.8) is 0 Å². The van der Waals surface area contributed by atoms with Crippen molar-refractivity contribution in [1.29, 1.82) is 0 Å². The highest BCUT2D eigenvalue weighted by Crippen LogP contribution is 2.27. The van der Waals surface area contributed by atoms with E-state index < -0.39 is 0 Å². The zero-order valence-electron chi connectivity index (χ0n) is 13.4. The van der Waals surface area contributed by atoms with Gasteiger partial charge in [-0.3, -0.25) is 4.79 Å². The first-order valence-corrected chi connectivity index (χ1v) is 8.97. The number of carbonyl (C=O) groups is 1. The molecule has 0 aromatic heterocycles. The van der Waals surface area contributed by atoms with E-state index in [0.717, 1.165) is 43.6 Å². The van der Waals surface area contributed by atoms with Crippen LogP contribution in [-0.2, 0) is 4.79 Å². The van der Waals surface area contributed by atoms with Gasteiger partial charge in [-0.2, -0.15) is 0 Å². The number of carbonyl (C=O) groups excluding carboxylic acids is 1. The summed E-state index contributed by atoms with van der Waals surface area (Å²) in [6.07, 6.45) is 0.958. The zero-order chi connectivity index (χ0) is 16.7. The number of nitrogens with zero attached hydrogens (tertiary/aromatic N) is 2. The molecular weight excluding hydrogens is 382 g/mol. The lowest BCUT2D eigenvalue weighted by atomic mass is 10.3. The quantitative estimate of drug-likeness (QED) is 0.708. The molecule has 7 heteroatoms. The molecule has 0 radical (unpaired) electrons. The molecule has 1 saturated heterocycles. The molecule has 0 unspecified atom stereocenters. The second-order valence-electron chi connectivity index (χ2n) is 5.71. The number of hydrogen-bond donors (Lipinski definition) is 1. The minimum absolute atomic E-state index is 0.00867. The minimum Gasteiger partial charge on any atom is -0.483 e. The van der Waals surface area contributed by atoms with Gasteiger partial charge in [-0.15, -0.1) is 0 Å². The third kappa shape index (κ3) is 6.67. The molecule has 0 bridgehead atoms. The Morgan fingerprint density at radius 1 is 1.35 bits per heavy atom. The molecule has 0 saturated carbocycles. The van der Waals surface area contributed by atoms with Crippen molar-refractivity contribution in [3.8, 4) is 5.75 Å². The fourth-order valence-electron chi connectivity index (χ4n) is 2.39. The lowest BCUT2D eigenvalue weighted by molar-refractivity contribution is -0.123. The molecule has 5 nitrogen and oxygen atoms in total. The number of amides is 1. The van der Waals surface area contributed by atoms with E-state index in [1.807, 2.05) is 0 Å². The third-order valence-corrected chi connectivity index (χ3v) is 4.68. The van der Waals surface area contributed by atoms with E-state index in [0.29, 0.717) is 17.3 Å². The Morgan fingerprint density at radius 3 is 2.78 bits per heavy atom. The summed E-state index contributed by atoms with van der Waals surface area (Å²) in [4.78, 5) is 16.6. The summed E-state index contributed by atoms with van der Waals surface area (Å²) in [6, 6.07) is 5.22. The Kier molecular flexibility index (Phi) is 7.62. The van der Waals surface area contributed by atoms with Gasteiger partial charge >= 0.3 is 0 Å². The van der Waals surface area contributed by atoms with Gasteiger partial charge in [-0.05, 0) is 54.1 Å². The molecule has 1 aliphatic rings. The second kappa shape index (κ2) is 9.47. The average molecular weight is 405 g/mol. The smallest absolute Gasteiger partial charge is 0.257 e. The Hall–Kier alpha value is -0.820. The van der Waals surface area contributed by atoms with Crippen molar-refractivity contribution >= 4 is 33.4 Å². The first kappa shape index (κ1) is 18.5. The van der Waals surface area contributed by atoms with E-state index in [1.54, 1.807) is 18.2 Å². The van der Waals surface area contributed by atoms with Crippen LogP contribution in [0.3, 0.4) is 0 Å². The van der Waals surface area contributed by atoms with E-state index in [2.05, 4.69) is 38.1 Å². The number of ether oxygens (including phenoxy) is 1. The van der Waals surface area contributed by atoms with Crippen LogP contribution in [0.2, 0.25) is 5.02 Å². The summed E-state index contributed by atoms with van der Waals surface area (Å²) in [5.74, 6) is 0.507. The van der Waals surface area contributed by atoms with Gasteiger partial charge in [-0.1, -0.05) is 11.6 Å². The van der Waals surface area contributed by atoms with Crippen molar-refractivity contribution in [2.45, 2.75) is 6.42 Å². The van der Waals surface area contributed by atoms with Crippen LogP contribution in [-0.4, -0.2) is 68.6 Å². The van der Waals surface area contributed by atoms with E-state index in [1.165, 1.54) is 0 Å². The van der Waals surface area contributed by atoms with Crippen LogP contribution in [0.4, 0.5) is 0 Å². The van der Waals surface area contributed by atoms with Crippen molar-refractivity contribution in [3.05, 3.63) is 27.7 Å². The van der Waals surface area contributed by atoms with E-state index in [9.17, 15) is 4.79 Å². The summed E-state index contributed by atoms with van der Waals surface area (Å²) in [7, 11) is 2.15. The van der Waals surface area contributed by atoms with Crippen molar-refractivity contribution in [1.82, 2.24) is 15.1 Å². The molecule has 0 atom stereocenters. The maximum absolute atomic E-state index is 11.8. The SMILES string of the molecule is CN1CCN(CCCNC(=O)COc2ccc(Cl)cc2Br)CC1. The van der Waals surface area contributed by atoms with Gasteiger partial charge in [0.05, 0.1) is 4.47 Å². The Morgan fingerprint density at radius 2 is 2.09 bits per heavy atom. The second-order valence-corrected chi connectivity index (χ2v) is 7.00. The highest BCUT2D eigenvalue weighted by atomic mass is 79.9. The molecular formula is C16H23BrClN3O2. The van der Waals surface area contributed by atoms with Crippen molar-refractivity contribution in [2.24, 2.45) is 0 Å². The first-order chi connectivity index (χ1) is 11.0. The van der Waals surface area contributed by atoms with Crippen LogP contribution in [0.15, 0.2) is 22.7 Å². The molecule has 1 N–H and O–H groups in total. The molecule has 0 aliphatic carbocycles. The zero-order valence-corrected chi connectivity index (χ0v) is 15.7. The number of nitrogens with one attached hydrogen (secondary N) is 1. The summed E-state index contributed by atoms with van der Waals surface area (Å²) >= 11 is 9.22. The third-order valence-electron chi connectivity index (χ3n) is 3.82. The molecule has 1 aliphatic heterocycles. The largest absolute Gasteiger partial charge is 0.483 e. The number of rotatable bonds is 7. The minimum atomic E-state index is -0.106. The highest BCUT2D eigenvalue weighted by Gasteiger charge is 2.13. The lowest BCUT2D eigenvalue weighted by Gasteiger charge is -2.32. The van der Waals surface area contributed by atoms with E-state index in [-0.39, 0.29) is 12.5 Å². The van der Waals surface area contributed by atoms with Gasteiger partial charge in [0, 0.05) is 37.7 Å².